The second kappa shape index (κ2) is 3.57. The zero-order valence-electron chi connectivity index (χ0n) is 9.00. The van der Waals surface area contributed by atoms with Crippen molar-refractivity contribution < 1.29 is 4.39 Å². The van der Waals surface area contributed by atoms with E-state index < -0.39 is 0 Å². The fourth-order valence-electron chi connectivity index (χ4n) is 2.38. The van der Waals surface area contributed by atoms with Gasteiger partial charge in [0.15, 0.2) is 0 Å². The van der Waals surface area contributed by atoms with Gasteiger partial charge in [0, 0.05) is 35.2 Å². The Balaban J connectivity index is 2.36. The second-order valence-corrected chi connectivity index (χ2v) is 5.08. The van der Waals surface area contributed by atoms with Gasteiger partial charge in [-0.3, -0.25) is 4.90 Å². The summed E-state index contributed by atoms with van der Waals surface area (Å²) in [5.74, 6) is -0.131. The number of aromatic nitrogens is 1. The van der Waals surface area contributed by atoms with Crippen LogP contribution in [-0.2, 0) is 13.1 Å². The summed E-state index contributed by atoms with van der Waals surface area (Å²) in [6, 6.07) is 5.26. The van der Waals surface area contributed by atoms with Crippen molar-refractivity contribution in [3.63, 3.8) is 0 Å². The van der Waals surface area contributed by atoms with Crippen LogP contribution < -0.4 is 0 Å². The lowest BCUT2D eigenvalue weighted by molar-refractivity contribution is 0.271. The summed E-state index contributed by atoms with van der Waals surface area (Å²) in [5, 5.41) is 0.977. The zero-order valence-corrected chi connectivity index (χ0v) is 10.6. The lowest BCUT2D eigenvalue weighted by atomic mass is 10.2. The van der Waals surface area contributed by atoms with E-state index in [1.807, 2.05) is 6.07 Å². The Bertz CT molecular complexity index is 562. The number of rotatable bonds is 0. The molecule has 0 unspecified atom stereocenters. The Labute approximate surface area is 102 Å². The first-order valence-corrected chi connectivity index (χ1v) is 6.11. The van der Waals surface area contributed by atoms with Gasteiger partial charge in [0.25, 0.3) is 0 Å². The third kappa shape index (κ3) is 1.33. The largest absolute Gasteiger partial charge is 0.339 e. The minimum Gasteiger partial charge on any atom is -0.339 e. The molecule has 0 atom stereocenters. The summed E-state index contributed by atoms with van der Waals surface area (Å²) in [7, 11) is 2.09. The highest BCUT2D eigenvalue weighted by molar-refractivity contribution is 9.10. The Morgan fingerprint density at radius 1 is 1.31 bits per heavy atom. The minimum atomic E-state index is -0.131. The van der Waals surface area contributed by atoms with Crippen molar-refractivity contribution in [2.75, 3.05) is 13.6 Å². The van der Waals surface area contributed by atoms with E-state index in [9.17, 15) is 4.39 Å². The van der Waals surface area contributed by atoms with Gasteiger partial charge >= 0.3 is 0 Å². The van der Waals surface area contributed by atoms with Crippen LogP contribution in [0.15, 0.2) is 22.7 Å². The number of hydrogen-bond donors (Lipinski definition) is 0. The molecule has 0 saturated carbocycles. The maximum atomic E-state index is 13.8. The molecule has 2 nitrogen and oxygen atoms in total. The Kier molecular flexibility index (Phi) is 2.30. The van der Waals surface area contributed by atoms with Gasteiger partial charge in [0.05, 0.1) is 5.52 Å². The average molecular weight is 283 g/mol. The zero-order chi connectivity index (χ0) is 11.3. The molecule has 0 amide bonds. The van der Waals surface area contributed by atoms with Crippen molar-refractivity contribution in [1.29, 1.82) is 0 Å². The van der Waals surface area contributed by atoms with Crippen molar-refractivity contribution in [3.05, 3.63) is 34.2 Å². The van der Waals surface area contributed by atoms with E-state index in [0.717, 1.165) is 35.0 Å². The van der Waals surface area contributed by atoms with E-state index in [4.69, 9.17) is 0 Å². The van der Waals surface area contributed by atoms with Gasteiger partial charge in [-0.2, -0.15) is 0 Å². The fourth-order valence-corrected chi connectivity index (χ4v) is 3.04. The van der Waals surface area contributed by atoms with Crippen LogP contribution in [0.5, 0.6) is 0 Å². The highest BCUT2D eigenvalue weighted by Gasteiger charge is 2.22. The molecule has 0 fully saturated rings. The third-order valence-electron chi connectivity index (χ3n) is 3.20. The quantitative estimate of drug-likeness (QED) is 0.721. The van der Waals surface area contributed by atoms with Gasteiger partial charge in [-0.15, -0.1) is 0 Å². The molecule has 16 heavy (non-hydrogen) atoms. The number of para-hydroxylation sites is 1. The molecule has 3 rings (SSSR count). The maximum absolute atomic E-state index is 13.8. The smallest absolute Gasteiger partial charge is 0.147 e. The fraction of sp³-hybridized carbons (Fsp3) is 0.333. The molecule has 1 aromatic heterocycles. The molecule has 0 saturated heterocycles. The van der Waals surface area contributed by atoms with Crippen molar-refractivity contribution in [3.8, 4) is 0 Å². The first-order valence-electron chi connectivity index (χ1n) is 5.32. The number of likely N-dealkylation sites (N-methyl/N-ethyl adjacent to an activating group) is 1. The average Bonchev–Trinajstić information content (AvgIpc) is 2.55. The van der Waals surface area contributed by atoms with Crippen molar-refractivity contribution in [2.24, 2.45) is 0 Å². The molecular formula is C12H12BrFN2. The van der Waals surface area contributed by atoms with Gasteiger partial charge in [-0.05, 0) is 29.0 Å². The predicted molar refractivity (Wildman–Crippen MR) is 65.9 cm³/mol. The van der Waals surface area contributed by atoms with Crippen LogP contribution in [0, 0.1) is 5.82 Å². The Morgan fingerprint density at radius 3 is 2.94 bits per heavy atom. The van der Waals surface area contributed by atoms with Crippen LogP contribution in [-0.4, -0.2) is 23.1 Å². The predicted octanol–water partition coefficient (Wildman–Crippen LogP) is 2.99. The van der Waals surface area contributed by atoms with E-state index in [-0.39, 0.29) is 5.82 Å². The first kappa shape index (κ1) is 10.3. The summed E-state index contributed by atoms with van der Waals surface area (Å²) in [6.07, 6.45) is 0. The summed E-state index contributed by atoms with van der Waals surface area (Å²) in [4.78, 5) is 2.25. The summed E-state index contributed by atoms with van der Waals surface area (Å²) in [6.45, 7) is 2.70. The molecule has 1 aliphatic heterocycles. The van der Waals surface area contributed by atoms with E-state index >= 15 is 0 Å². The standard InChI is InChI=1S/C12H12BrFN2/c1-15-5-6-16-10(7-15)11(13)8-3-2-4-9(14)12(8)16/h2-4H,5-7H2,1H3. The third-order valence-corrected chi connectivity index (χ3v) is 4.08. The maximum Gasteiger partial charge on any atom is 0.147 e. The normalized spacial score (nSPS) is 16.7. The Morgan fingerprint density at radius 2 is 2.12 bits per heavy atom. The lowest BCUT2D eigenvalue weighted by Crippen LogP contribution is -2.30. The van der Waals surface area contributed by atoms with Crippen molar-refractivity contribution in [1.82, 2.24) is 9.47 Å². The Hall–Kier alpha value is -0.870. The van der Waals surface area contributed by atoms with E-state index in [0.29, 0.717) is 0 Å². The highest BCUT2D eigenvalue weighted by Crippen LogP contribution is 2.34. The van der Waals surface area contributed by atoms with Gasteiger partial charge in [-0.25, -0.2) is 4.39 Å². The van der Waals surface area contributed by atoms with Gasteiger partial charge in [0.2, 0.25) is 0 Å². The highest BCUT2D eigenvalue weighted by atomic mass is 79.9. The lowest BCUT2D eigenvalue weighted by Gasteiger charge is -2.25. The van der Waals surface area contributed by atoms with Crippen LogP contribution in [0.25, 0.3) is 10.9 Å². The molecule has 4 heteroatoms. The molecule has 84 valence electrons. The molecule has 2 heterocycles. The first-order chi connectivity index (χ1) is 7.68. The van der Waals surface area contributed by atoms with Gasteiger partial charge in [0.1, 0.15) is 5.82 Å². The molecule has 1 aliphatic rings. The molecule has 0 bridgehead atoms. The monoisotopic (exact) mass is 282 g/mol. The van der Waals surface area contributed by atoms with Crippen LogP contribution in [0.3, 0.4) is 0 Å². The van der Waals surface area contributed by atoms with Crippen LogP contribution >= 0.6 is 15.9 Å². The molecular weight excluding hydrogens is 271 g/mol. The molecule has 0 radical (unpaired) electrons. The van der Waals surface area contributed by atoms with Gasteiger partial charge < -0.3 is 4.57 Å². The number of nitrogens with zero attached hydrogens (tertiary/aromatic N) is 2. The minimum absolute atomic E-state index is 0.131. The van der Waals surface area contributed by atoms with Crippen molar-refractivity contribution >= 4 is 26.8 Å². The topological polar surface area (TPSA) is 8.17 Å². The van der Waals surface area contributed by atoms with Crippen LogP contribution in [0.4, 0.5) is 4.39 Å². The number of fused-ring (bicyclic) bond motifs is 3. The molecule has 0 N–H and O–H groups in total. The summed E-state index contributed by atoms with van der Waals surface area (Å²) in [5.41, 5.74) is 1.91. The SMILES string of the molecule is CN1CCn2c(c(Br)c3cccc(F)c32)C1. The number of benzene rings is 1. The molecule has 2 aromatic rings. The number of hydrogen-bond acceptors (Lipinski definition) is 1. The van der Waals surface area contributed by atoms with E-state index in [1.54, 1.807) is 6.07 Å². The second-order valence-electron chi connectivity index (χ2n) is 4.29. The van der Waals surface area contributed by atoms with E-state index in [1.165, 1.54) is 11.8 Å². The molecule has 0 spiro atoms. The van der Waals surface area contributed by atoms with Crippen LogP contribution in [0.2, 0.25) is 0 Å². The number of halogens is 2. The molecule has 1 aromatic carbocycles. The van der Waals surface area contributed by atoms with E-state index in [2.05, 4.69) is 32.4 Å². The van der Waals surface area contributed by atoms with Crippen LogP contribution in [0.1, 0.15) is 5.69 Å². The van der Waals surface area contributed by atoms with Gasteiger partial charge in [-0.1, -0.05) is 12.1 Å². The summed E-state index contributed by atoms with van der Waals surface area (Å²) >= 11 is 3.59. The molecule has 0 aliphatic carbocycles. The van der Waals surface area contributed by atoms with Crippen molar-refractivity contribution in [2.45, 2.75) is 13.1 Å². The summed E-state index contributed by atoms with van der Waals surface area (Å²) < 4.78 is 17.0.